The van der Waals surface area contributed by atoms with Crippen molar-refractivity contribution in [2.75, 3.05) is 0 Å². The highest BCUT2D eigenvalue weighted by Gasteiger charge is 2.43. The van der Waals surface area contributed by atoms with Crippen molar-refractivity contribution in [1.29, 1.82) is 0 Å². The third-order valence-corrected chi connectivity index (χ3v) is 24.0. The maximum absolute atomic E-state index is 14.7. The minimum absolute atomic E-state index is 0.000278. The molecule has 0 saturated carbocycles. The van der Waals surface area contributed by atoms with Gasteiger partial charge >= 0.3 is 0 Å². The number of fused-ring (bicyclic) bond motifs is 2. The van der Waals surface area contributed by atoms with E-state index < -0.39 is 38.4 Å². The largest absolute Gasteiger partial charge is 0.268 e. The van der Waals surface area contributed by atoms with Crippen LogP contribution in [0.4, 0.5) is 0 Å². The maximum atomic E-state index is 14.7. The van der Waals surface area contributed by atoms with E-state index in [1.165, 1.54) is 12.4 Å². The summed E-state index contributed by atoms with van der Waals surface area (Å²) in [5.41, 5.74) is 6.46. The highest BCUT2D eigenvalue weighted by molar-refractivity contribution is 6.91. The molecule has 0 aliphatic heterocycles. The molecule has 0 aliphatic carbocycles. The molecule has 0 amide bonds. The second-order valence-corrected chi connectivity index (χ2v) is 27.0. The van der Waals surface area contributed by atoms with Crippen LogP contribution in [0.1, 0.15) is 94.2 Å². The summed E-state index contributed by atoms with van der Waals surface area (Å²) < 4.78 is 2.05. The Hall–Kier alpha value is -4.65. The second kappa shape index (κ2) is 14.4. The van der Waals surface area contributed by atoms with Crippen molar-refractivity contribution in [3.63, 3.8) is 0 Å². The lowest BCUT2D eigenvalue weighted by Crippen LogP contribution is -2.43. The average Bonchev–Trinajstić information content (AvgIpc) is 3.49. The van der Waals surface area contributed by atoms with Crippen LogP contribution in [0.15, 0.2) is 68.0 Å². The van der Waals surface area contributed by atoms with E-state index in [1.54, 1.807) is 36.4 Å². The summed E-state index contributed by atoms with van der Waals surface area (Å²) in [6, 6.07) is 9.99. The molecule has 0 fully saturated rings. The Labute approximate surface area is 308 Å². The fourth-order valence-electron chi connectivity index (χ4n) is 9.08. The lowest BCUT2D eigenvalue weighted by atomic mass is 9.97. The van der Waals surface area contributed by atoms with E-state index in [2.05, 4.69) is 116 Å². The lowest BCUT2D eigenvalue weighted by molar-refractivity contribution is 0.838. The van der Waals surface area contributed by atoms with Crippen molar-refractivity contribution in [2.45, 2.75) is 116 Å². The van der Waals surface area contributed by atoms with Crippen LogP contribution >= 0.6 is 0 Å². The minimum Gasteiger partial charge on any atom is -0.268 e. The predicted molar refractivity (Wildman–Crippen MR) is 219 cm³/mol. The molecule has 4 aromatic heterocycles. The third-order valence-electron chi connectivity index (χ3n) is 11.5. The number of pyridine rings is 2. The predicted octanol–water partition coefficient (Wildman–Crippen LogP) is 7.82. The molecule has 0 bridgehead atoms. The summed E-state index contributed by atoms with van der Waals surface area (Å²) in [7, 11) is -4.87. The number of aromatic nitrogens is 4. The zero-order chi connectivity index (χ0) is 38.4. The van der Waals surface area contributed by atoms with Crippen molar-refractivity contribution in [2.24, 2.45) is 0 Å². The van der Waals surface area contributed by atoms with Gasteiger partial charge in [-0.2, -0.15) is 0 Å². The Morgan fingerprint density at radius 1 is 0.462 bits per heavy atom. The van der Waals surface area contributed by atoms with Gasteiger partial charge in [0.05, 0.1) is 32.7 Å². The first-order valence-electron chi connectivity index (χ1n) is 18.4. The summed E-state index contributed by atoms with van der Waals surface area (Å²) in [5, 5.41) is 0.00111. The van der Waals surface area contributed by atoms with Crippen LogP contribution in [-0.4, -0.2) is 35.2 Å². The van der Waals surface area contributed by atoms with Crippen molar-refractivity contribution in [3.05, 3.63) is 101 Å². The molecule has 0 spiro atoms. The highest BCUT2D eigenvalue weighted by atomic mass is 28.3. The third kappa shape index (κ3) is 5.86. The van der Waals surface area contributed by atoms with Crippen molar-refractivity contribution >= 4 is 37.7 Å². The molecule has 1 aromatic carbocycles. The fourth-order valence-corrected chi connectivity index (χ4v) is 19.5. The van der Waals surface area contributed by atoms with E-state index in [0.29, 0.717) is 0 Å². The van der Waals surface area contributed by atoms with Crippen molar-refractivity contribution < 1.29 is 0 Å². The van der Waals surface area contributed by atoms with E-state index in [-0.39, 0.29) is 77.6 Å². The van der Waals surface area contributed by atoms with Crippen LogP contribution in [0.5, 0.6) is 0 Å². The monoisotopic (exact) mass is 730 g/mol. The average molecular weight is 731 g/mol. The van der Waals surface area contributed by atoms with E-state index in [4.69, 9.17) is 0 Å². The van der Waals surface area contributed by atoms with Gasteiger partial charge in [-0.3, -0.25) is 19.2 Å². The number of hydrogen-bond donors (Lipinski definition) is 0. The van der Waals surface area contributed by atoms with Gasteiger partial charge in [-0.05, 0) is 57.5 Å². The molecule has 270 valence electrons. The van der Waals surface area contributed by atoms with E-state index >= 15 is 0 Å². The zero-order valence-electron chi connectivity index (χ0n) is 32.5. The van der Waals surface area contributed by atoms with Crippen LogP contribution in [-0.2, 0) is 0 Å². The number of nitrogens with zero attached hydrogens (tertiary/aromatic N) is 4. The van der Waals surface area contributed by atoms with Crippen LogP contribution in [0, 0.1) is 22.9 Å². The first-order valence-corrected chi connectivity index (χ1v) is 22.8. The zero-order valence-corrected chi connectivity index (χ0v) is 34.5. The molecule has 0 unspecified atom stereocenters. The Morgan fingerprint density at radius 3 is 0.942 bits per heavy atom. The van der Waals surface area contributed by atoms with Gasteiger partial charge in [0.15, 0.2) is 0 Å². The van der Waals surface area contributed by atoms with Crippen molar-refractivity contribution in [1.82, 2.24) is 19.1 Å². The Bertz CT molecular complexity index is 2180. The number of rotatable bonds is 8. The van der Waals surface area contributed by atoms with Crippen LogP contribution in [0.25, 0.3) is 33.2 Å². The molecule has 0 N–H and O–H groups in total. The van der Waals surface area contributed by atoms with Gasteiger partial charge in [-0.1, -0.05) is 107 Å². The Kier molecular flexibility index (Phi) is 10.7. The van der Waals surface area contributed by atoms with Gasteiger partial charge in [-0.25, -0.2) is 19.1 Å². The fraction of sp³-hybridized carbons (Fsp3) is 0.429. The summed E-state index contributed by atoms with van der Waals surface area (Å²) in [5.74, 6) is 7.01. The molecule has 0 radical (unpaired) electrons. The van der Waals surface area contributed by atoms with E-state index in [9.17, 15) is 19.2 Å². The number of hydrogen-bond acceptors (Lipinski definition) is 6. The molecule has 0 aliphatic rings. The lowest BCUT2D eigenvalue weighted by Gasteiger charge is -2.38. The number of benzene rings is 1. The van der Waals surface area contributed by atoms with Crippen LogP contribution < -0.4 is 22.2 Å². The quantitative estimate of drug-likeness (QED) is 0.119. The summed E-state index contributed by atoms with van der Waals surface area (Å²) >= 11 is 0. The summed E-state index contributed by atoms with van der Waals surface area (Å²) in [6.45, 7) is 26.1. The molecule has 4 heterocycles. The Balaban J connectivity index is 2.15. The first kappa shape index (κ1) is 38.6. The molecule has 52 heavy (non-hydrogen) atoms. The van der Waals surface area contributed by atoms with Crippen molar-refractivity contribution in [3.8, 4) is 34.6 Å². The second-order valence-electron chi connectivity index (χ2n) is 15.8. The van der Waals surface area contributed by atoms with E-state index in [0.717, 1.165) is 9.13 Å². The molecule has 8 nitrogen and oxygen atoms in total. The SMILES string of the molecule is CC(C)[Si](C#Cc1c2c(=O)n(-c3ccccn3)c(=O)c2c(C#C[Si](C(C)C)(C(C)C)C(C)C)c2c(=O)n(-c3ccccn3)c(=O)c12)(C(C)C)C(C)C. The van der Waals surface area contributed by atoms with Gasteiger partial charge in [0.25, 0.3) is 22.2 Å². The maximum Gasteiger partial charge on any atom is 0.268 e. The first-order chi connectivity index (χ1) is 24.5. The molecular weight excluding hydrogens is 681 g/mol. The summed E-state index contributed by atoms with van der Waals surface area (Å²) in [6.07, 6.45) is 3.03. The van der Waals surface area contributed by atoms with Gasteiger partial charge in [-0.15, -0.1) is 11.1 Å². The smallest absolute Gasteiger partial charge is 0.268 e. The normalized spacial score (nSPS) is 12.5. The standard InChI is InChI=1S/C42H50N4O4Si2/c1-25(2)51(26(3)4,27(5)6)23-19-31-35-37(41(49)45(39(35)47)33-17-13-15-21-43-33)32(20-24-52(28(7)8,29(9)10)30(11)12)38-36(31)40(48)46(42(38)50)34-18-14-16-22-44-34/h13-18,21-22,25-30H,1-12H3. The van der Waals surface area contributed by atoms with Crippen LogP contribution in [0.3, 0.4) is 0 Å². The van der Waals surface area contributed by atoms with E-state index in [1.807, 2.05) is 0 Å². The molecule has 5 rings (SSSR count). The van der Waals surface area contributed by atoms with Gasteiger partial charge in [0, 0.05) is 12.4 Å². The van der Waals surface area contributed by atoms with Crippen LogP contribution in [0.2, 0.25) is 33.2 Å². The minimum atomic E-state index is -2.43. The summed E-state index contributed by atoms with van der Waals surface area (Å²) in [4.78, 5) is 67.6. The van der Waals surface area contributed by atoms with Gasteiger partial charge in [0.1, 0.15) is 27.8 Å². The molecule has 0 atom stereocenters. The molecule has 0 saturated heterocycles. The van der Waals surface area contributed by atoms with Gasteiger partial charge in [0.2, 0.25) is 0 Å². The highest BCUT2D eigenvalue weighted by Crippen LogP contribution is 2.42. The Morgan fingerprint density at radius 2 is 0.731 bits per heavy atom. The molecule has 10 heteroatoms. The topological polar surface area (TPSA) is 104 Å². The molecular formula is C42H50N4O4Si2. The molecule has 5 aromatic rings. The van der Waals surface area contributed by atoms with Gasteiger partial charge < -0.3 is 0 Å².